The van der Waals surface area contributed by atoms with Crippen LogP contribution in [0.5, 0.6) is 0 Å². The molecule has 1 aromatic rings. The second kappa shape index (κ2) is 48.4. The first-order valence-corrected chi connectivity index (χ1v) is 56.6. The fraction of sp³-hybridized carbons (Fsp3) is 0.817. The third kappa shape index (κ3) is 23.0. The molecule has 3 saturated carbocycles. The maximum Gasteiger partial charge on any atom is 0.320 e. The summed E-state index contributed by atoms with van der Waals surface area (Å²) in [5.74, 6) is -3.17. The number of piperidine rings is 6. The van der Waals surface area contributed by atoms with E-state index in [1.165, 1.54) is 32.1 Å². The highest BCUT2D eigenvalue weighted by atomic mass is 32.1. The van der Waals surface area contributed by atoms with Crippen molar-refractivity contribution in [1.82, 2.24) is 117 Å². The monoisotopic (exact) mass is 2110 g/mol. The van der Waals surface area contributed by atoms with Gasteiger partial charge in [0.05, 0.1) is 60.7 Å². The molecule has 13 amide bonds. The van der Waals surface area contributed by atoms with Crippen LogP contribution in [0.15, 0.2) is 62.5 Å². The van der Waals surface area contributed by atoms with Crippen LogP contribution in [-0.2, 0) is 19.2 Å². The van der Waals surface area contributed by atoms with Gasteiger partial charge in [-0.25, -0.2) is 45.5 Å². The molecule has 834 valence electrons. The fourth-order valence-electron chi connectivity index (χ4n) is 31.2. The summed E-state index contributed by atoms with van der Waals surface area (Å²) in [4.78, 5) is 152. The number of urea groups is 4. The number of rotatable bonds is 11. The van der Waals surface area contributed by atoms with E-state index in [1.807, 2.05) is 45.3 Å². The molecule has 0 aromatic carbocycles. The Bertz CT molecular complexity index is 4820. The quantitative estimate of drug-likeness (QED) is 0.0728. The number of nitrogens with zero attached hydrogens (tertiary/aromatic N) is 14. The summed E-state index contributed by atoms with van der Waals surface area (Å²) >= 11 is 0. The number of carbonyl (C=O) groups is 9. The zero-order chi connectivity index (χ0) is 106. The predicted molar refractivity (Wildman–Crippen MR) is 563 cm³/mol. The van der Waals surface area contributed by atoms with Crippen molar-refractivity contribution in [3.63, 3.8) is 0 Å². The fourth-order valence-corrected chi connectivity index (χ4v) is 31.2. The van der Waals surface area contributed by atoms with E-state index in [0.717, 1.165) is 64.6 Å². The topological polar surface area (TPSA) is 337 Å². The van der Waals surface area contributed by atoms with E-state index in [-0.39, 0.29) is 195 Å². The number of hydrogen-bond acceptors (Lipinski definition) is 20. The first-order chi connectivity index (χ1) is 70.7. The van der Waals surface area contributed by atoms with Crippen LogP contribution < -0.4 is 47.9 Å². The Morgan fingerprint density at radius 3 is 1.06 bits per heavy atom. The Balaban J connectivity index is 0.000000159. The standard InChI is InChI=1S/C38H56F2N8O3.C36H59F2N7O4.C35H58F2N8O3.H2S/c1-5-30(49)45-17-18-46(23(4)21-45)35-26-19-28(40)33-31-27(39)11-6-12-29(31)47(37(50)25-9-7-14-41-20-25)16-8-10-24-13-15-42-32(22(2)3)34(24)48(36(26)43-33)38(51)44-35;1-7-27(46)42-16-17-43(21(4)19-42)32-23-18-25(38)30-28-24(37)11-8-12-26(28)44(34(47)36(5,6)49)15-9-10-22-13-14-39-29(20(2)3)31(22)45(33(23)40-30)35(48)41-32;1-7-27(46)42-16-17-43(21(4)19-42)32-23-18-25(37)30-28-24(36)11-8-12-26(28)44(35(48)41(5)6)15-9-10-22-13-14-38-29(20(2)3)31(22)45(33(23)39-30)34(47)40-32;/h5,7,9,14,20,22-24,26-29,31-36,42-43H,1,6,8,10-13,15-19,21H2,2-4H3,(H,44,51);7,20-26,28-33,39-40,49H,1,8-19H2,2-6H3,(H,41,48);7,20-26,28-33,38-39H,1,8-19H2,2-6H3,(H,40,47);1H2/t23-,24?,26?,27?,28?,29?,31?,32?,33?,34?,35?,36?;2*21-,22?,23?,24?,25?,26?,28?,29?,30?,31?,32?,33?;/m000./s1. The van der Waals surface area contributed by atoms with Gasteiger partial charge in [0.1, 0.15) is 42.6 Å². The Kier molecular flexibility index (Phi) is 37.0. The summed E-state index contributed by atoms with van der Waals surface area (Å²) in [6, 6.07) is -2.11. The van der Waals surface area contributed by atoms with Gasteiger partial charge >= 0.3 is 24.1 Å². The van der Waals surface area contributed by atoms with Gasteiger partial charge in [0.15, 0.2) is 0 Å². The van der Waals surface area contributed by atoms with E-state index in [2.05, 4.69) is 129 Å². The number of aliphatic hydroxyl groups is 1. The van der Waals surface area contributed by atoms with Gasteiger partial charge in [0.2, 0.25) is 17.7 Å². The largest absolute Gasteiger partial charge is 0.381 e. The highest BCUT2D eigenvalue weighted by molar-refractivity contribution is 7.59. The van der Waals surface area contributed by atoms with Crippen LogP contribution in [0.2, 0.25) is 0 Å². The van der Waals surface area contributed by atoms with Gasteiger partial charge in [-0.3, -0.25) is 59.6 Å². The van der Waals surface area contributed by atoms with Crippen molar-refractivity contribution < 1.29 is 74.6 Å². The van der Waals surface area contributed by atoms with Crippen LogP contribution in [0.25, 0.3) is 0 Å². The van der Waals surface area contributed by atoms with Crippen molar-refractivity contribution >= 4 is 67.2 Å². The van der Waals surface area contributed by atoms with Gasteiger partial charge in [-0.05, 0) is 255 Å². The van der Waals surface area contributed by atoms with Crippen LogP contribution in [0.4, 0.5) is 45.5 Å². The van der Waals surface area contributed by atoms with Crippen LogP contribution in [0, 0.1) is 71.0 Å². The molecule has 16 heterocycles. The first-order valence-electron chi connectivity index (χ1n) is 56.6. The second-order valence-electron chi connectivity index (χ2n) is 48.4. The highest BCUT2D eigenvalue weighted by Crippen LogP contribution is 2.51. The third-order valence-corrected chi connectivity index (χ3v) is 38.0. The average molecular weight is 2110 g/mol. The maximum absolute atomic E-state index is 17.1. The lowest BCUT2D eigenvalue weighted by atomic mass is 9.70. The molecule has 15 saturated heterocycles. The van der Waals surface area contributed by atoms with Crippen LogP contribution in [-0.4, -0.2) is 410 Å². The third-order valence-electron chi connectivity index (χ3n) is 38.0. The summed E-state index contributed by atoms with van der Waals surface area (Å²) in [5, 5.41) is 43.0. The number of alkyl halides is 6. The summed E-state index contributed by atoms with van der Waals surface area (Å²) in [6.07, 6.45) is 8.17. The molecular formula is C109H175F6N23O10S. The van der Waals surface area contributed by atoms with E-state index >= 15 is 26.3 Å². The Morgan fingerprint density at radius 1 is 0.436 bits per heavy atom. The zero-order valence-corrected chi connectivity index (χ0v) is 91.3. The van der Waals surface area contributed by atoms with Gasteiger partial charge < -0.3 is 86.0 Å². The summed E-state index contributed by atoms with van der Waals surface area (Å²) in [7, 11) is 3.46. The highest BCUT2D eigenvalue weighted by Gasteiger charge is 2.65. The molecule has 149 heavy (non-hydrogen) atoms. The molecule has 0 spiro atoms. The van der Waals surface area contributed by atoms with Crippen molar-refractivity contribution in [2.24, 2.45) is 71.0 Å². The summed E-state index contributed by atoms with van der Waals surface area (Å²) < 4.78 is 100. The number of piperazine rings is 3. The van der Waals surface area contributed by atoms with E-state index in [1.54, 1.807) is 63.1 Å². The normalized spacial score (nSPS) is 40.0. The summed E-state index contributed by atoms with van der Waals surface area (Å²) in [5.41, 5.74) is -1.19. The Morgan fingerprint density at radius 2 is 0.758 bits per heavy atom. The molecule has 1 aromatic heterocycles. The number of nitrogens with one attached hydrogen (secondary N) is 9. The van der Waals surface area contributed by atoms with Gasteiger partial charge in [-0.15, -0.1) is 0 Å². The molecule has 6 bridgehead atoms. The number of carbonyl (C=O) groups excluding carboxylic acids is 9. The van der Waals surface area contributed by atoms with Gasteiger partial charge in [-0.1, -0.05) is 61.3 Å². The molecule has 36 atom stereocenters. The lowest BCUT2D eigenvalue weighted by Gasteiger charge is -2.60. The number of fused-ring (bicyclic) bond motifs is 15. The first kappa shape index (κ1) is 114. The zero-order valence-electron chi connectivity index (χ0n) is 90.3. The lowest BCUT2D eigenvalue weighted by molar-refractivity contribution is -0.156. The van der Waals surface area contributed by atoms with Crippen molar-refractivity contribution in [3.05, 3.63) is 68.1 Å². The Hall–Kier alpha value is -7.67. The molecule has 18 fully saturated rings. The van der Waals surface area contributed by atoms with Crippen molar-refractivity contribution in [2.75, 3.05) is 112 Å². The molecule has 0 radical (unpaired) electrons. The molecule has 33 unspecified atom stereocenters. The van der Waals surface area contributed by atoms with E-state index < -0.39 is 140 Å². The summed E-state index contributed by atoms with van der Waals surface area (Å²) in [6.45, 7) is 41.2. The number of amides is 13. The van der Waals surface area contributed by atoms with Crippen LogP contribution >= 0.6 is 13.5 Å². The van der Waals surface area contributed by atoms with Gasteiger partial charge in [-0.2, -0.15) is 13.5 Å². The molecule has 10 N–H and O–H groups in total. The minimum atomic E-state index is -1.65. The number of hydrogen-bond donors (Lipinski definition) is 10. The van der Waals surface area contributed by atoms with Crippen molar-refractivity contribution in [1.29, 1.82) is 0 Å². The van der Waals surface area contributed by atoms with Crippen molar-refractivity contribution in [2.45, 2.75) is 381 Å². The van der Waals surface area contributed by atoms with Crippen LogP contribution in [0.1, 0.15) is 221 Å². The minimum Gasteiger partial charge on any atom is -0.381 e. The number of aromatic nitrogens is 1. The molecule has 40 heteroatoms. The molecule has 3 aliphatic carbocycles. The minimum absolute atomic E-state index is 0. The van der Waals surface area contributed by atoms with Gasteiger partial charge in [0, 0.05) is 213 Å². The van der Waals surface area contributed by atoms with Gasteiger partial charge in [0.25, 0.3) is 11.8 Å². The molecule has 15 aliphatic heterocycles. The van der Waals surface area contributed by atoms with Crippen molar-refractivity contribution in [3.8, 4) is 0 Å². The maximum atomic E-state index is 17.1. The molecule has 18 aliphatic rings. The second-order valence-corrected chi connectivity index (χ2v) is 48.4. The van der Waals surface area contributed by atoms with E-state index in [4.69, 9.17) is 0 Å². The molecular weight excluding hydrogens is 1940 g/mol. The smallest absolute Gasteiger partial charge is 0.320 e. The molecule has 19 rings (SSSR count). The lowest BCUT2D eigenvalue weighted by Crippen LogP contribution is -2.80. The Labute approximate surface area is 886 Å². The predicted octanol–water partition coefficient (Wildman–Crippen LogP) is 9.24. The average Bonchev–Trinajstić information content (AvgIpc) is 0.733. The van der Waals surface area contributed by atoms with E-state index in [0.29, 0.717) is 148 Å². The molecule has 33 nitrogen and oxygen atoms in total. The van der Waals surface area contributed by atoms with Crippen LogP contribution in [0.3, 0.4) is 0 Å². The number of halogens is 6. The van der Waals surface area contributed by atoms with E-state index in [9.17, 15) is 48.3 Å². The SMILES string of the molecule is C=CC(=O)N1CCN(C2NC(=O)N3C4NC(C(F)CC42)C2C(F)CCCC2N(C(=O)C(C)(C)O)CCCC2CCNC(C(C)C)C23)[C@@H](C)C1.C=CC(=O)N1CCN(C2NC(=O)N3C4NC(C(F)CC42)C2C(F)CCCC2N(C(=O)N(C)C)CCCC2CCNC(C(C)C)C23)[C@@H](C)C1.C=CC(=O)N1CCN(C2NC(=O)N3C4NC(C(F)CC42)C2C(F)CCCC2N(C(=O)c2cccnc2)CCCC2CCNC(C(C)C)C23)[C@@H](C)C1.S. The number of pyridine rings is 1.